The lowest BCUT2D eigenvalue weighted by molar-refractivity contribution is 0.0937. The van der Waals surface area contributed by atoms with E-state index in [-0.39, 0.29) is 11.9 Å². The lowest BCUT2D eigenvalue weighted by Gasteiger charge is -2.15. The summed E-state index contributed by atoms with van der Waals surface area (Å²) in [6, 6.07) is 9.28. The normalized spacial score (nSPS) is 15.0. The minimum Gasteiger partial charge on any atom is -0.342 e. The van der Waals surface area contributed by atoms with Crippen LogP contribution >= 0.6 is 0 Å². The van der Waals surface area contributed by atoms with Crippen molar-refractivity contribution in [3.05, 3.63) is 65.5 Å². The van der Waals surface area contributed by atoms with Crippen LogP contribution in [0.15, 0.2) is 42.7 Å². The molecule has 1 atom stereocenters. The van der Waals surface area contributed by atoms with Gasteiger partial charge in [-0.25, -0.2) is 0 Å². The van der Waals surface area contributed by atoms with Gasteiger partial charge in [0.05, 0.1) is 12.6 Å². The Hall–Kier alpha value is -3.00. The van der Waals surface area contributed by atoms with Crippen molar-refractivity contribution in [2.75, 3.05) is 13.1 Å². The number of aromatic nitrogens is 5. The zero-order valence-corrected chi connectivity index (χ0v) is 15.3. The predicted molar refractivity (Wildman–Crippen MR) is 100 cm³/mol. The molecule has 0 radical (unpaired) electrons. The van der Waals surface area contributed by atoms with Crippen molar-refractivity contribution in [1.82, 2.24) is 35.2 Å². The molecule has 1 aliphatic heterocycles. The standard InChI is InChI=1S/C19H23N7O/c1-14(18-24-23-17-6-8-20-9-11-26(17)18)22-19(27)16-5-2-4-15(12-16)13-25-10-3-7-21-25/h2-5,7,10,12,14,20H,6,8-9,11,13H2,1H3,(H,22,27)/t14-/m1/s1. The third kappa shape index (κ3) is 3.90. The number of hydrogen-bond acceptors (Lipinski definition) is 5. The number of nitrogens with one attached hydrogen (secondary N) is 2. The van der Waals surface area contributed by atoms with E-state index < -0.39 is 0 Å². The van der Waals surface area contributed by atoms with E-state index in [1.807, 2.05) is 48.1 Å². The summed E-state index contributed by atoms with van der Waals surface area (Å²) in [7, 11) is 0. The average molecular weight is 365 g/mol. The second-order valence-electron chi connectivity index (χ2n) is 6.73. The van der Waals surface area contributed by atoms with Gasteiger partial charge in [-0.2, -0.15) is 5.10 Å². The smallest absolute Gasteiger partial charge is 0.251 e. The second-order valence-corrected chi connectivity index (χ2v) is 6.73. The van der Waals surface area contributed by atoms with E-state index in [1.54, 1.807) is 6.20 Å². The molecule has 1 aromatic carbocycles. The molecule has 2 N–H and O–H groups in total. The average Bonchev–Trinajstić information content (AvgIpc) is 3.26. The van der Waals surface area contributed by atoms with Gasteiger partial charge in [0.25, 0.3) is 5.91 Å². The van der Waals surface area contributed by atoms with Gasteiger partial charge in [-0.3, -0.25) is 9.48 Å². The maximum Gasteiger partial charge on any atom is 0.251 e. The first kappa shape index (κ1) is 17.4. The number of fused-ring (bicyclic) bond motifs is 1. The lowest BCUT2D eigenvalue weighted by Crippen LogP contribution is -2.29. The molecule has 140 valence electrons. The van der Waals surface area contributed by atoms with Crippen molar-refractivity contribution >= 4 is 5.91 Å². The number of carbonyl (C=O) groups is 1. The molecule has 8 heteroatoms. The van der Waals surface area contributed by atoms with Crippen LogP contribution in [0.25, 0.3) is 0 Å². The lowest BCUT2D eigenvalue weighted by atomic mass is 10.1. The molecule has 0 fully saturated rings. The van der Waals surface area contributed by atoms with Gasteiger partial charge in [0.1, 0.15) is 5.82 Å². The summed E-state index contributed by atoms with van der Waals surface area (Å²) in [5, 5.41) is 19.2. The quantitative estimate of drug-likeness (QED) is 0.708. The van der Waals surface area contributed by atoms with Crippen molar-refractivity contribution in [1.29, 1.82) is 0 Å². The Balaban J connectivity index is 1.47. The third-order valence-corrected chi connectivity index (χ3v) is 4.72. The Labute approximate surface area is 157 Å². The summed E-state index contributed by atoms with van der Waals surface area (Å²) in [6.07, 6.45) is 4.50. The van der Waals surface area contributed by atoms with Gasteiger partial charge < -0.3 is 15.2 Å². The first-order chi connectivity index (χ1) is 13.2. The predicted octanol–water partition coefficient (Wildman–Crippen LogP) is 1.16. The fraction of sp³-hybridized carbons (Fsp3) is 0.368. The van der Waals surface area contributed by atoms with Crippen LogP contribution in [0.5, 0.6) is 0 Å². The first-order valence-electron chi connectivity index (χ1n) is 9.20. The molecule has 2 aromatic heterocycles. The van der Waals surface area contributed by atoms with Gasteiger partial charge in [-0.05, 0) is 30.7 Å². The molecule has 4 rings (SSSR count). The monoisotopic (exact) mass is 365 g/mol. The van der Waals surface area contributed by atoms with Crippen LogP contribution in [0.4, 0.5) is 0 Å². The Morgan fingerprint density at radius 1 is 1.30 bits per heavy atom. The fourth-order valence-electron chi connectivity index (χ4n) is 3.35. The third-order valence-electron chi connectivity index (χ3n) is 4.72. The SMILES string of the molecule is C[C@@H](NC(=O)c1cccc(Cn2cccn2)c1)c1nnc2n1CCNCC2. The summed E-state index contributed by atoms with van der Waals surface area (Å²) in [5.41, 5.74) is 1.66. The molecule has 3 heterocycles. The first-order valence-corrected chi connectivity index (χ1v) is 9.20. The number of hydrogen-bond donors (Lipinski definition) is 2. The van der Waals surface area contributed by atoms with E-state index in [1.165, 1.54) is 0 Å². The summed E-state index contributed by atoms with van der Waals surface area (Å²) < 4.78 is 3.94. The summed E-state index contributed by atoms with van der Waals surface area (Å²) in [6.45, 7) is 5.18. The van der Waals surface area contributed by atoms with Crippen molar-refractivity contribution in [2.24, 2.45) is 0 Å². The molecule has 1 aliphatic rings. The Morgan fingerprint density at radius 3 is 3.07 bits per heavy atom. The van der Waals surface area contributed by atoms with Crippen molar-refractivity contribution in [3.63, 3.8) is 0 Å². The summed E-state index contributed by atoms with van der Waals surface area (Å²) >= 11 is 0. The Kier molecular flexibility index (Phi) is 4.97. The van der Waals surface area contributed by atoms with Gasteiger partial charge in [-0.1, -0.05) is 12.1 Å². The molecule has 1 amide bonds. The minimum absolute atomic E-state index is 0.117. The van der Waals surface area contributed by atoms with Crippen LogP contribution in [-0.2, 0) is 19.5 Å². The van der Waals surface area contributed by atoms with E-state index in [2.05, 4.69) is 30.5 Å². The summed E-state index contributed by atoms with van der Waals surface area (Å²) in [5.74, 6) is 1.65. The minimum atomic E-state index is -0.216. The largest absolute Gasteiger partial charge is 0.342 e. The fourth-order valence-corrected chi connectivity index (χ4v) is 3.35. The zero-order chi connectivity index (χ0) is 18.6. The zero-order valence-electron chi connectivity index (χ0n) is 15.3. The molecule has 27 heavy (non-hydrogen) atoms. The molecule has 8 nitrogen and oxygen atoms in total. The van der Waals surface area contributed by atoms with E-state index in [0.29, 0.717) is 12.1 Å². The molecule has 0 spiro atoms. The highest BCUT2D eigenvalue weighted by atomic mass is 16.1. The van der Waals surface area contributed by atoms with E-state index >= 15 is 0 Å². The maximum atomic E-state index is 12.7. The number of benzene rings is 1. The molecule has 0 aliphatic carbocycles. The topological polar surface area (TPSA) is 89.7 Å². The highest BCUT2D eigenvalue weighted by Crippen LogP contribution is 2.15. The Bertz CT molecular complexity index is 916. The summed E-state index contributed by atoms with van der Waals surface area (Å²) in [4.78, 5) is 12.7. The molecule has 0 unspecified atom stereocenters. The molecule has 0 saturated carbocycles. The van der Waals surface area contributed by atoms with Crippen LogP contribution in [0.1, 0.15) is 40.5 Å². The Morgan fingerprint density at radius 2 is 2.22 bits per heavy atom. The number of amides is 1. The van der Waals surface area contributed by atoms with Crippen LogP contribution in [-0.4, -0.2) is 43.5 Å². The van der Waals surface area contributed by atoms with Gasteiger partial charge in [0.2, 0.25) is 0 Å². The van der Waals surface area contributed by atoms with Crippen LogP contribution in [0.2, 0.25) is 0 Å². The highest BCUT2D eigenvalue weighted by Gasteiger charge is 2.21. The number of rotatable bonds is 5. The van der Waals surface area contributed by atoms with Gasteiger partial charge in [0.15, 0.2) is 5.82 Å². The highest BCUT2D eigenvalue weighted by molar-refractivity contribution is 5.94. The number of carbonyl (C=O) groups excluding carboxylic acids is 1. The molecule has 0 bridgehead atoms. The van der Waals surface area contributed by atoms with Gasteiger partial charge in [0, 0.05) is 44.0 Å². The molecular weight excluding hydrogens is 342 g/mol. The molecule has 0 saturated heterocycles. The van der Waals surface area contributed by atoms with Crippen LogP contribution in [0, 0.1) is 0 Å². The van der Waals surface area contributed by atoms with Crippen molar-refractivity contribution in [2.45, 2.75) is 32.5 Å². The van der Waals surface area contributed by atoms with Gasteiger partial charge in [-0.15, -0.1) is 10.2 Å². The maximum absolute atomic E-state index is 12.7. The number of nitrogens with zero attached hydrogens (tertiary/aromatic N) is 5. The van der Waals surface area contributed by atoms with E-state index in [4.69, 9.17) is 0 Å². The molecular formula is C19H23N7O. The van der Waals surface area contributed by atoms with Crippen LogP contribution in [0.3, 0.4) is 0 Å². The van der Waals surface area contributed by atoms with Gasteiger partial charge >= 0.3 is 0 Å². The van der Waals surface area contributed by atoms with E-state index in [0.717, 1.165) is 43.3 Å². The van der Waals surface area contributed by atoms with Crippen molar-refractivity contribution < 1.29 is 4.79 Å². The van der Waals surface area contributed by atoms with Crippen LogP contribution < -0.4 is 10.6 Å². The van der Waals surface area contributed by atoms with E-state index in [9.17, 15) is 4.79 Å². The molecule has 3 aromatic rings. The second kappa shape index (κ2) is 7.71. The van der Waals surface area contributed by atoms with Crippen molar-refractivity contribution in [3.8, 4) is 0 Å².